The fourth-order valence-corrected chi connectivity index (χ4v) is 5.35. The first-order valence-corrected chi connectivity index (χ1v) is 10.9. The number of fused-ring (bicyclic) bond motifs is 3. The van der Waals surface area contributed by atoms with Crippen molar-refractivity contribution in [1.82, 2.24) is 24.8 Å². The predicted molar refractivity (Wildman–Crippen MR) is 113 cm³/mol. The molecule has 0 spiro atoms. The number of nitrogens with zero attached hydrogens (tertiary/aromatic N) is 6. The predicted octanol–water partition coefficient (Wildman–Crippen LogP) is 2.12. The highest BCUT2D eigenvalue weighted by atomic mass is 32.1. The van der Waals surface area contributed by atoms with Crippen molar-refractivity contribution in [2.75, 3.05) is 42.9 Å². The molecule has 150 valence electrons. The van der Waals surface area contributed by atoms with Crippen molar-refractivity contribution in [2.24, 2.45) is 0 Å². The van der Waals surface area contributed by atoms with E-state index in [0.29, 0.717) is 26.1 Å². The van der Waals surface area contributed by atoms with Gasteiger partial charge in [0.1, 0.15) is 17.0 Å². The molecule has 0 atom stereocenters. The van der Waals surface area contributed by atoms with E-state index in [0.717, 1.165) is 47.9 Å². The number of amides is 1. The monoisotopic (exact) mass is 409 g/mol. The lowest BCUT2D eigenvalue weighted by Gasteiger charge is -2.34. The van der Waals surface area contributed by atoms with Gasteiger partial charge in [0.05, 0.1) is 5.39 Å². The van der Waals surface area contributed by atoms with Crippen molar-refractivity contribution in [2.45, 2.75) is 25.7 Å². The van der Waals surface area contributed by atoms with Gasteiger partial charge in [-0.1, -0.05) is 0 Å². The van der Waals surface area contributed by atoms with Gasteiger partial charge in [0.2, 0.25) is 11.9 Å². The summed E-state index contributed by atoms with van der Waals surface area (Å²) in [5.41, 5.74) is 1.40. The van der Waals surface area contributed by atoms with E-state index >= 15 is 0 Å². The smallest absolute Gasteiger partial charge is 0.225 e. The van der Waals surface area contributed by atoms with E-state index in [1.807, 2.05) is 11.0 Å². The molecule has 9 heteroatoms. The minimum absolute atomic E-state index is 0.173. The van der Waals surface area contributed by atoms with Crippen LogP contribution in [0.4, 0.5) is 11.8 Å². The number of carbonyl (C=O) groups is 1. The molecule has 2 aliphatic rings. The minimum Gasteiger partial charge on any atom is -0.369 e. The Morgan fingerprint density at radius 2 is 1.90 bits per heavy atom. The molecule has 5 rings (SSSR count). The van der Waals surface area contributed by atoms with E-state index in [1.54, 1.807) is 30.1 Å². The average molecular weight is 410 g/mol. The standard InChI is InChI=1S/C20H23N7OS/c28-16(26-9-11-27(12-10-26)20-22-6-2-7-23-20)5-8-21-18-17-14-3-1-4-15(14)29-19(17)25-13-24-18/h2,6-7,13H,1,3-5,8-12H2,(H,21,24,25). The molecule has 8 nitrogen and oxygen atoms in total. The fourth-order valence-electron chi connectivity index (χ4n) is 4.12. The largest absolute Gasteiger partial charge is 0.369 e. The average Bonchev–Trinajstić information content (AvgIpc) is 3.36. The fraction of sp³-hybridized carbons (Fsp3) is 0.450. The summed E-state index contributed by atoms with van der Waals surface area (Å²) in [6.45, 7) is 3.50. The van der Waals surface area contributed by atoms with Crippen LogP contribution in [0.1, 0.15) is 23.3 Å². The second-order valence-electron chi connectivity index (χ2n) is 7.35. The molecule has 29 heavy (non-hydrogen) atoms. The Morgan fingerprint density at radius 1 is 1.07 bits per heavy atom. The van der Waals surface area contributed by atoms with Crippen LogP contribution in [0.25, 0.3) is 10.2 Å². The molecule has 0 bridgehead atoms. The molecule has 1 amide bonds. The Labute approximate surface area is 173 Å². The molecule has 1 N–H and O–H groups in total. The Kier molecular flexibility index (Phi) is 4.97. The lowest BCUT2D eigenvalue weighted by atomic mass is 10.2. The second-order valence-corrected chi connectivity index (χ2v) is 8.44. The zero-order valence-electron chi connectivity index (χ0n) is 16.2. The van der Waals surface area contributed by atoms with Crippen molar-refractivity contribution in [3.8, 4) is 0 Å². The topological polar surface area (TPSA) is 87.1 Å². The van der Waals surface area contributed by atoms with Gasteiger partial charge in [-0.05, 0) is 30.9 Å². The number of nitrogens with one attached hydrogen (secondary N) is 1. The van der Waals surface area contributed by atoms with Gasteiger partial charge in [-0.3, -0.25) is 4.79 Å². The molecule has 0 aromatic carbocycles. The van der Waals surface area contributed by atoms with Crippen LogP contribution < -0.4 is 10.2 Å². The van der Waals surface area contributed by atoms with Crippen molar-refractivity contribution in [3.63, 3.8) is 0 Å². The summed E-state index contributed by atoms with van der Waals surface area (Å²) in [5.74, 6) is 1.78. The molecule has 0 radical (unpaired) electrons. The number of rotatable bonds is 5. The van der Waals surface area contributed by atoms with E-state index in [9.17, 15) is 4.79 Å². The maximum absolute atomic E-state index is 12.6. The molecule has 4 heterocycles. The summed E-state index contributed by atoms with van der Waals surface area (Å²) in [5, 5.41) is 4.55. The van der Waals surface area contributed by atoms with Crippen LogP contribution in [0.15, 0.2) is 24.8 Å². The Bertz CT molecular complexity index is 1010. The van der Waals surface area contributed by atoms with Crippen LogP contribution >= 0.6 is 11.3 Å². The molecule has 0 unspecified atom stereocenters. The molecule has 1 aliphatic carbocycles. The molecule has 0 saturated carbocycles. The van der Waals surface area contributed by atoms with Gasteiger partial charge < -0.3 is 15.1 Å². The molecule has 3 aromatic rings. The number of thiophene rings is 1. The van der Waals surface area contributed by atoms with E-state index in [1.165, 1.54) is 16.9 Å². The number of hydrogen-bond acceptors (Lipinski definition) is 8. The maximum atomic E-state index is 12.6. The zero-order chi connectivity index (χ0) is 19.6. The lowest BCUT2D eigenvalue weighted by molar-refractivity contribution is -0.131. The lowest BCUT2D eigenvalue weighted by Crippen LogP contribution is -2.49. The van der Waals surface area contributed by atoms with Crippen molar-refractivity contribution in [3.05, 3.63) is 35.2 Å². The molecular formula is C20H23N7OS. The zero-order valence-corrected chi connectivity index (χ0v) is 17.0. The summed E-state index contributed by atoms with van der Waals surface area (Å²) in [7, 11) is 0. The van der Waals surface area contributed by atoms with Gasteiger partial charge in [-0.2, -0.15) is 0 Å². The third-order valence-electron chi connectivity index (χ3n) is 5.60. The first kappa shape index (κ1) is 18.2. The van der Waals surface area contributed by atoms with Crippen molar-refractivity contribution < 1.29 is 4.79 Å². The summed E-state index contributed by atoms with van der Waals surface area (Å²) >= 11 is 1.78. The summed E-state index contributed by atoms with van der Waals surface area (Å²) in [4.78, 5) is 36.6. The maximum Gasteiger partial charge on any atom is 0.225 e. The molecule has 1 fully saturated rings. The van der Waals surface area contributed by atoms with Crippen molar-refractivity contribution >= 4 is 39.2 Å². The summed E-state index contributed by atoms with van der Waals surface area (Å²) in [6.07, 6.45) is 9.03. The molecule has 1 aliphatic heterocycles. The van der Waals surface area contributed by atoms with Gasteiger partial charge in [0.15, 0.2) is 0 Å². The molecule has 1 saturated heterocycles. The third kappa shape index (κ3) is 3.62. The van der Waals surface area contributed by atoms with E-state index in [2.05, 4.69) is 30.2 Å². The third-order valence-corrected chi connectivity index (χ3v) is 6.80. The number of hydrogen-bond donors (Lipinski definition) is 1. The first-order valence-electron chi connectivity index (χ1n) is 10.1. The van der Waals surface area contributed by atoms with E-state index in [-0.39, 0.29) is 5.91 Å². The normalized spacial score (nSPS) is 16.3. The Balaban J connectivity index is 1.16. The Morgan fingerprint density at radius 3 is 2.72 bits per heavy atom. The number of piperazine rings is 1. The van der Waals surface area contributed by atoms with Gasteiger partial charge in [0, 0.05) is 56.4 Å². The summed E-state index contributed by atoms with van der Waals surface area (Å²) < 4.78 is 0. The molecular weight excluding hydrogens is 386 g/mol. The van der Waals surface area contributed by atoms with Crippen LogP contribution in [0, 0.1) is 0 Å². The SMILES string of the molecule is O=C(CCNc1ncnc2sc3c(c12)CCC3)N1CCN(c2ncccn2)CC1. The Hall–Kier alpha value is -2.81. The number of aryl methyl sites for hydroxylation is 2. The van der Waals surface area contributed by atoms with Crippen LogP contribution in [-0.4, -0.2) is 63.5 Å². The van der Waals surface area contributed by atoms with Crippen LogP contribution in [0.5, 0.6) is 0 Å². The highest BCUT2D eigenvalue weighted by molar-refractivity contribution is 7.19. The van der Waals surface area contributed by atoms with Crippen LogP contribution in [0.2, 0.25) is 0 Å². The highest BCUT2D eigenvalue weighted by Gasteiger charge is 2.23. The molecule has 3 aromatic heterocycles. The van der Waals surface area contributed by atoms with Crippen LogP contribution in [-0.2, 0) is 17.6 Å². The van der Waals surface area contributed by atoms with Crippen LogP contribution in [0.3, 0.4) is 0 Å². The van der Waals surface area contributed by atoms with Gasteiger partial charge in [-0.25, -0.2) is 19.9 Å². The van der Waals surface area contributed by atoms with Crippen molar-refractivity contribution in [1.29, 1.82) is 0 Å². The number of anilines is 2. The number of carbonyl (C=O) groups excluding carboxylic acids is 1. The minimum atomic E-state index is 0.173. The number of aromatic nitrogens is 4. The van der Waals surface area contributed by atoms with E-state index < -0.39 is 0 Å². The highest BCUT2D eigenvalue weighted by Crippen LogP contribution is 2.38. The summed E-state index contributed by atoms with van der Waals surface area (Å²) in [6, 6.07) is 1.81. The van der Waals surface area contributed by atoms with Gasteiger partial charge in [-0.15, -0.1) is 11.3 Å². The van der Waals surface area contributed by atoms with E-state index in [4.69, 9.17) is 0 Å². The van der Waals surface area contributed by atoms with Gasteiger partial charge >= 0.3 is 0 Å². The quantitative estimate of drug-likeness (QED) is 0.691. The first-order chi connectivity index (χ1) is 14.3. The second kappa shape index (κ2) is 7.90. The van der Waals surface area contributed by atoms with Gasteiger partial charge in [0.25, 0.3) is 0 Å².